The highest BCUT2D eigenvalue weighted by Crippen LogP contribution is 2.20. The molecular formula is C20H24FN3O2. The van der Waals surface area contributed by atoms with Gasteiger partial charge in [-0.2, -0.15) is 0 Å². The van der Waals surface area contributed by atoms with E-state index in [1.54, 1.807) is 25.3 Å². The van der Waals surface area contributed by atoms with Crippen molar-refractivity contribution in [2.24, 2.45) is 0 Å². The van der Waals surface area contributed by atoms with Crippen LogP contribution >= 0.6 is 0 Å². The van der Waals surface area contributed by atoms with E-state index in [2.05, 4.69) is 27.2 Å². The molecule has 0 bridgehead atoms. The van der Waals surface area contributed by atoms with Gasteiger partial charge in [-0.25, -0.2) is 4.39 Å². The molecule has 3 rings (SSSR count). The molecule has 0 spiro atoms. The smallest absolute Gasteiger partial charge is 0.238 e. The van der Waals surface area contributed by atoms with E-state index in [-0.39, 0.29) is 18.1 Å². The average Bonchev–Trinajstić information content (AvgIpc) is 2.89. The van der Waals surface area contributed by atoms with E-state index in [9.17, 15) is 9.18 Å². The van der Waals surface area contributed by atoms with Crippen molar-refractivity contribution in [3.63, 3.8) is 0 Å². The Morgan fingerprint density at radius 2 is 1.85 bits per heavy atom. The number of para-hydroxylation sites is 1. The zero-order chi connectivity index (χ0) is 18.4. The van der Waals surface area contributed by atoms with E-state index in [0.717, 1.165) is 44.0 Å². The van der Waals surface area contributed by atoms with E-state index < -0.39 is 5.82 Å². The Balaban J connectivity index is 1.53. The van der Waals surface area contributed by atoms with E-state index in [4.69, 9.17) is 4.74 Å². The Morgan fingerprint density at radius 1 is 1.08 bits per heavy atom. The van der Waals surface area contributed by atoms with Gasteiger partial charge in [0.15, 0.2) is 0 Å². The SMILES string of the molecule is COc1ccc(N2CCCN(CC(=O)Nc3ccccc3F)CC2)cc1. The van der Waals surface area contributed by atoms with Crippen molar-refractivity contribution in [1.82, 2.24) is 4.90 Å². The van der Waals surface area contributed by atoms with Crippen LogP contribution in [0.2, 0.25) is 0 Å². The fourth-order valence-electron chi connectivity index (χ4n) is 3.14. The number of carbonyl (C=O) groups excluding carboxylic acids is 1. The molecule has 0 unspecified atom stereocenters. The fourth-order valence-corrected chi connectivity index (χ4v) is 3.14. The summed E-state index contributed by atoms with van der Waals surface area (Å²) in [6, 6.07) is 14.2. The molecule has 6 heteroatoms. The summed E-state index contributed by atoms with van der Waals surface area (Å²) in [5.41, 5.74) is 1.38. The number of rotatable bonds is 5. The van der Waals surface area contributed by atoms with Crippen LogP contribution in [0.25, 0.3) is 0 Å². The molecule has 1 amide bonds. The highest BCUT2D eigenvalue weighted by molar-refractivity contribution is 5.92. The van der Waals surface area contributed by atoms with Crippen LogP contribution < -0.4 is 15.0 Å². The van der Waals surface area contributed by atoms with Gasteiger partial charge in [0.2, 0.25) is 5.91 Å². The van der Waals surface area contributed by atoms with Crippen LogP contribution in [-0.4, -0.2) is 50.6 Å². The number of ether oxygens (including phenoxy) is 1. The highest BCUT2D eigenvalue weighted by atomic mass is 19.1. The van der Waals surface area contributed by atoms with Crippen LogP contribution in [0.4, 0.5) is 15.8 Å². The third-order valence-corrected chi connectivity index (χ3v) is 4.54. The number of hydrogen-bond acceptors (Lipinski definition) is 4. The number of anilines is 2. The summed E-state index contributed by atoms with van der Waals surface area (Å²) >= 11 is 0. The summed E-state index contributed by atoms with van der Waals surface area (Å²) < 4.78 is 18.8. The standard InChI is InChI=1S/C20H24FN3O2/c1-26-17-9-7-16(8-10-17)24-12-4-11-23(13-14-24)15-20(25)22-19-6-3-2-5-18(19)21/h2-3,5-10H,4,11-15H2,1H3,(H,22,25). The Morgan fingerprint density at radius 3 is 2.58 bits per heavy atom. The van der Waals surface area contributed by atoms with Crippen LogP contribution in [0.3, 0.4) is 0 Å². The van der Waals surface area contributed by atoms with Crippen molar-refractivity contribution < 1.29 is 13.9 Å². The van der Waals surface area contributed by atoms with Crippen molar-refractivity contribution >= 4 is 17.3 Å². The number of halogens is 1. The quantitative estimate of drug-likeness (QED) is 0.894. The zero-order valence-corrected chi connectivity index (χ0v) is 15.0. The maximum atomic E-state index is 13.6. The van der Waals surface area contributed by atoms with Gasteiger partial charge in [0, 0.05) is 31.9 Å². The molecule has 2 aromatic rings. The molecule has 26 heavy (non-hydrogen) atoms. The largest absolute Gasteiger partial charge is 0.497 e. The summed E-state index contributed by atoms with van der Waals surface area (Å²) in [5, 5.41) is 2.65. The molecule has 2 aromatic carbocycles. The predicted molar refractivity (Wildman–Crippen MR) is 101 cm³/mol. The van der Waals surface area contributed by atoms with Gasteiger partial charge < -0.3 is 15.0 Å². The second kappa shape index (κ2) is 8.67. The molecule has 0 aromatic heterocycles. The third-order valence-electron chi connectivity index (χ3n) is 4.54. The highest BCUT2D eigenvalue weighted by Gasteiger charge is 2.18. The minimum absolute atomic E-state index is 0.187. The van der Waals surface area contributed by atoms with Crippen molar-refractivity contribution in [3.8, 4) is 5.75 Å². The van der Waals surface area contributed by atoms with Crippen LogP contribution in [0.5, 0.6) is 5.75 Å². The predicted octanol–water partition coefficient (Wildman–Crippen LogP) is 2.99. The van der Waals surface area contributed by atoms with Gasteiger partial charge in [0.05, 0.1) is 19.3 Å². The van der Waals surface area contributed by atoms with E-state index >= 15 is 0 Å². The molecule has 1 N–H and O–H groups in total. The molecule has 0 atom stereocenters. The lowest BCUT2D eigenvalue weighted by atomic mass is 10.2. The first-order valence-corrected chi connectivity index (χ1v) is 8.81. The number of nitrogens with one attached hydrogen (secondary N) is 1. The molecule has 1 saturated heterocycles. The molecule has 1 aliphatic heterocycles. The molecule has 5 nitrogen and oxygen atoms in total. The van der Waals surface area contributed by atoms with Gasteiger partial charge >= 0.3 is 0 Å². The molecule has 138 valence electrons. The van der Waals surface area contributed by atoms with E-state index in [1.165, 1.54) is 6.07 Å². The van der Waals surface area contributed by atoms with Crippen molar-refractivity contribution in [1.29, 1.82) is 0 Å². The number of nitrogens with zero attached hydrogens (tertiary/aromatic N) is 2. The molecule has 0 saturated carbocycles. The number of methoxy groups -OCH3 is 1. The number of benzene rings is 2. The topological polar surface area (TPSA) is 44.8 Å². The molecule has 0 radical (unpaired) electrons. The summed E-state index contributed by atoms with van der Waals surface area (Å²) in [4.78, 5) is 16.6. The Kier molecular flexibility index (Phi) is 6.07. The van der Waals surface area contributed by atoms with Gasteiger partial charge in [-0.15, -0.1) is 0 Å². The first kappa shape index (κ1) is 18.2. The van der Waals surface area contributed by atoms with E-state index in [1.807, 2.05) is 12.1 Å². The summed E-state index contributed by atoms with van der Waals surface area (Å²) in [6.45, 7) is 3.69. The van der Waals surface area contributed by atoms with Crippen LogP contribution in [0, 0.1) is 5.82 Å². The second-order valence-electron chi connectivity index (χ2n) is 6.34. The second-order valence-corrected chi connectivity index (χ2v) is 6.34. The normalized spacial score (nSPS) is 15.4. The molecule has 1 fully saturated rings. The molecular weight excluding hydrogens is 333 g/mol. The molecule has 1 aliphatic rings. The number of amides is 1. The average molecular weight is 357 g/mol. The van der Waals surface area contributed by atoms with Crippen LogP contribution in [0.15, 0.2) is 48.5 Å². The first-order valence-electron chi connectivity index (χ1n) is 8.81. The third kappa shape index (κ3) is 4.73. The van der Waals surface area contributed by atoms with E-state index in [0.29, 0.717) is 0 Å². The van der Waals surface area contributed by atoms with Crippen molar-refractivity contribution in [2.75, 3.05) is 50.1 Å². The Hall–Kier alpha value is -2.60. The lowest BCUT2D eigenvalue weighted by molar-refractivity contribution is -0.117. The summed E-state index contributed by atoms with van der Waals surface area (Å²) in [5.74, 6) is 0.241. The maximum absolute atomic E-state index is 13.6. The number of hydrogen-bond donors (Lipinski definition) is 1. The minimum Gasteiger partial charge on any atom is -0.497 e. The van der Waals surface area contributed by atoms with Gasteiger partial charge in [0.1, 0.15) is 11.6 Å². The van der Waals surface area contributed by atoms with Gasteiger partial charge in [0.25, 0.3) is 0 Å². The number of carbonyl (C=O) groups is 1. The zero-order valence-electron chi connectivity index (χ0n) is 15.0. The molecule has 1 heterocycles. The maximum Gasteiger partial charge on any atom is 0.238 e. The van der Waals surface area contributed by atoms with Crippen LogP contribution in [0.1, 0.15) is 6.42 Å². The first-order chi connectivity index (χ1) is 12.7. The molecule has 0 aliphatic carbocycles. The van der Waals surface area contributed by atoms with Crippen LogP contribution in [-0.2, 0) is 4.79 Å². The minimum atomic E-state index is -0.414. The Labute approximate surface area is 153 Å². The lowest BCUT2D eigenvalue weighted by Crippen LogP contribution is -2.36. The van der Waals surface area contributed by atoms with Gasteiger partial charge in [-0.1, -0.05) is 12.1 Å². The summed E-state index contributed by atoms with van der Waals surface area (Å²) in [7, 11) is 1.66. The lowest BCUT2D eigenvalue weighted by Gasteiger charge is -2.23. The fraction of sp³-hybridized carbons (Fsp3) is 0.350. The summed E-state index contributed by atoms with van der Waals surface area (Å²) in [6.07, 6.45) is 0.971. The monoisotopic (exact) mass is 357 g/mol. The Bertz CT molecular complexity index is 736. The van der Waals surface area contributed by atoms with Gasteiger partial charge in [-0.3, -0.25) is 9.69 Å². The van der Waals surface area contributed by atoms with Gasteiger partial charge in [-0.05, 0) is 42.8 Å². The van der Waals surface area contributed by atoms with Crippen molar-refractivity contribution in [2.45, 2.75) is 6.42 Å². The van der Waals surface area contributed by atoms with Crippen molar-refractivity contribution in [3.05, 3.63) is 54.3 Å².